The largest absolute Gasteiger partial charge is 2.00 e. The van der Waals surface area contributed by atoms with Gasteiger partial charge >= 0.3 is 16.5 Å². The second kappa shape index (κ2) is 21.2. The molecule has 0 saturated carbocycles. The molecular weight excluding hydrogens is 520 g/mol. The third kappa shape index (κ3) is 43.9. The average Bonchev–Trinajstić information content (AvgIpc) is 2.50. The Hall–Kier alpha value is 1.33. The predicted molar refractivity (Wildman–Crippen MR) is 86.9 cm³/mol. The fourth-order valence-corrected chi connectivity index (χ4v) is 4.11. The molecule has 0 aromatic carbocycles. The smallest absolute Gasteiger partial charge is 0.329 e. The van der Waals surface area contributed by atoms with E-state index in [1.807, 2.05) is 0 Å². The van der Waals surface area contributed by atoms with Crippen LogP contribution in [0.15, 0.2) is 0 Å². The molecule has 0 unspecified atom stereocenters. The normalized spacial score (nSPS) is 18.8. The first-order chi connectivity index (χ1) is 12.8. The van der Waals surface area contributed by atoms with Crippen molar-refractivity contribution in [3.63, 3.8) is 0 Å². The molecule has 0 bridgehead atoms. The Morgan fingerprint density at radius 2 is 1.14 bits per heavy atom. The maximum absolute atomic E-state index is 8.49. The van der Waals surface area contributed by atoms with Gasteiger partial charge in [0.25, 0.3) is 0 Å². The summed E-state index contributed by atoms with van der Waals surface area (Å²) in [6.07, 6.45) is 2.63. The predicted octanol–water partition coefficient (Wildman–Crippen LogP) is -8.08. The van der Waals surface area contributed by atoms with E-state index in [1.54, 1.807) is 0 Å². The minimum absolute atomic E-state index is 0. The molecule has 11 nitrogen and oxygen atoms in total. The van der Waals surface area contributed by atoms with Gasteiger partial charge in [-0.25, -0.2) is 37.3 Å². The molecule has 1 aliphatic rings. The van der Waals surface area contributed by atoms with Crippen LogP contribution >= 0.6 is 23.5 Å². The van der Waals surface area contributed by atoms with Crippen LogP contribution < -0.4 is 43.0 Å². The molecule has 0 spiro atoms. The Bertz CT molecular complexity index is 337. The second-order valence-corrected chi connectivity index (χ2v) is 9.58. The summed E-state index contributed by atoms with van der Waals surface area (Å²) in [5.74, 6) is 5.26. The molecule has 0 radical (unpaired) electrons. The quantitative estimate of drug-likeness (QED) is 0.317. The van der Waals surface area contributed by atoms with E-state index >= 15 is 0 Å². The van der Waals surface area contributed by atoms with Crippen LogP contribution in [-0.4, -0.2) is 79.1 Å². The van der Waals surface area contributed by atoms with E-state index in [9.17, 15) is 0 Å². The van der Waals surface area contributed by atoms with Gasteiger partial charge in [-0.15, -0.1) is 20.5 Å². The number of nitrogens with two attached hydrogens (primary N) is 1. The van der Waals surface area contributed by atoms with Crippen molar-refractivity contribution in [2.24, 2.45) is 5.73 Å². The van der Waals surface area contributed by atoms with Gasteiger partial charge in [0.2, 0.25) is 0 Å². The zero-order valence-electron chi connectivity index (χ0n) is 16.1. The number of hydrogen-bond donors (Lipinski definition) is 1. The summed E-state index contributed by atoms with van der Waals surface area (Å²) in [5.41, 5.74) is 5.69. The van der Waals surface area contributed by atoms with Crippen molar-refractivity contribution in [2.75, 3.05) is 69.3 Å². The van der Waals surface area contributed by atoms with Crippen LogP contribution in [0.4, 0.5) is 0 Å². The molecule has 0 aromatic rings. The number of halogens is 2. The molecule has 2 N–H and O–H groups in total. The van der Waals surface area contributed by atoms with E-state index in [0.29, 0.717) is 0 Å². The summed E-state index contributed by atoms with van der Waals surface area (Å²) < 4.78 is 67.9. The van der Waals surface area contributed by atoms with Crippen LogP contribution in [0.1, 0.15) is 12.8 Å². The van der Waals surface area contributed by atoms with Crippen LogP contribution in [0.25, 0.3) is 0 Å². The molecule has 1 rings (SSSR count). The van der Waals surface area contributed by atoms with Crippen LogP contribution in [-0.2, 0) is 16.5 Å². The molecule has 0 aliphatic carbocycles. The zero-order chi connectivity index (χ0) is 22.1. The molecular formula is C13H29Cl2N3NiO8S2. The maximum atomic E-state index is 8.49. The molecule has 0 aromatic heterocycles. The molecule has 0 atom stereocenters. The van der Waals surface area contributed by atoms with Crippen molar-refractivity contribution in [3.8, 4) is 0 Å². The van der Waals surface area contributed by atoms with Gasteiger partial charge in [-0.05, 0) is 44.5 Å². The summed E-state index contributed by atoms with van der Waals surface area (Å²) >= 11 is 4.23. The molecule has 0 amide bonds. The van der Waals surface area contributed by atoms with Gasteiger partial charge in [0.1, 0.15) is 0 Å². The van der Waals surface area contributed by atoms with Crippen molar-refractivity contribution in [1.82, 2.24) is 9.80 Å². The van der Waals surface area contributed by atoms with Crippen molar-refractivity contribution in [1.29, 1.82) is 0 Å². The molecule has 16 heteroatoms. The van der Waals surface area contributed by atoms with Gasteiger partial charge in [-0.1, -0.05) is 0 Å². The summed E-state index contributed by atoms with van der Waals surface area (Å²) in [7, 11) is -7.65. The summed E-state index contributed by atoms with van der Waals surface area (Å²) in [6.45, 7) is 6.63. The third-order valence-corrected chi connectivity index (χ3v) is 5.61. The van der Waals surface area contributed by atoms with Crippen LogP contribution in [0.2, 0.25) is 0 Å². The summed E-state index contributed by atoms with van der Waals surface area (Å²) in [4.78, 5) is 4.99. The van der Waals surface area contributed by atoms with E-state index in [4.69, 9.17) is 43.0 Å². The van der Waals surface area contributed by atoms with Gasteiger partial charge in [0.15, 0.2) is 0 Å². The van der Waals surface area contributed by atoms with Gasteiger partial charge < -0.3 is 15.5 Å². The maximum Gasteiger partial charge on any atom is 2.00 e. The van der Waals surface area contributed by atoms with Gasteiger partial charge in [0.05, 0.1) is 0 Å². The Balaban J connectivity index is -0.000000512. The molecule has 180 valence electrons. The molecule has 1 fully saturated rings. The average molecular weight is 549 g/mol. The van der Waals surface area contributed by atoms with E-state index in [2.05, 4.69) is 40.4 Å². The van der Waals surface area contributed by atoms with E-state index < -0.39 is 20.5 Å². The summed E-state index contributed by atoms with van der Waals surface area (Å²) in [5, 5.41) is 0. The molecule has 29 heavy (non-hydrogen) atoms. The molecule has 1 saturated heterocycles. The van der Waals surface area contributed by atoms with Crippen LogP contribution in [0, 0.1) is 20.5 Å². The fourth-order valence-electron chi connectivity index (χ4n) is 2.09. The number of hydrogen-bond acceptors (Lipinski definition) is 13. The minimum atomic E-state index is -4.94. The van der Waals surface area contributed by atoms with E-state index in [0.717, 1.165) is 13.1 Å². The molecule has 1 heterocycles. The third-order valence-electron chi connectivity index (χ3n) is 3.21. The Kier molecular flexibility index (Phi) is 25.5. The van der Waals surface area contributed by atoms with Crippen molar-refractivity contribution in [3.05, 3.63) is 0 Å². The van der Waals surface area contributed by atoms with Gasteiger partial charge in [0, 0.05) is 37.7 Å². The van der Waals surface area contributed by atoms with Crippen molar-refractivity contribution < 1.29 is 74.2 Å². The first kappa shape index (κ1) is 34.9. The van der Waals surface area contributed by atoms with Gasteiger partial charge in [-0.2, -0.15) is 23.5 Å². The Labute approximate surface area is 195 Å². The standard InChI is InChI=1S/C13H29N3S2.2ClHO4.Ni/c1-15-5-2-10-17-12-13-18-11-3-6-16(7-4-14)9-8-15;2*2-1(3,4)5;/h2-14H2,1H3;2*(H,2,3,4,5);/q;;;+2/p-2. The first-order valence-electron chi connectivity index (χ1n) is 8.33. The topological polar surface area (TPSA) is 217 Å². The van der Waals surface area contributed by atoms with Crippen LogP contribution in [0.5, 0.6) is 0 Å². The van der Waals surface area contributed by atoms with E-state index in [-0.39, 0.29) is 16.5 Å². The van der Waals surface area contributed by atoms with Crippen molar-refractivity contribution in [2.45, 2.75) is 12.8 Å². The van der Waals surface area contributed by atoms with Crippen molar-refractivity contribution >= 4 is 23.5 Å². The Morgan fingerprint density at radius 1 is 0.724 bits per heavy atom. The fraction of sp³-hybridized carbons (Fsp3) is 1.00. The zero-order valence-corrected chi connectivity index (χ0v) is 20.2. The van der Waals surface area contributed by atoms with Gasteiger partial charge in [-0.3, -0.25) is 0 Å². The first-order valence-corrected chi connectivity index (χ1v) is 13.1. The molecule has 1 aliphatic heterocycles. The minimum Gasteiger partial charge on any atom is -0.329 e. The summed E-state index contributed by atoms with van der Waals surface area (Å²) in [6, 6.07) is 0. The number of nitrogens with zero attached hydrogens (tertiary/aromatic N) is 2. The Morgan fingerprint density at radius 3 is 1.55 bits per heavy atom. The van der Waals surface area contributed by atoms with E-state index in [1.165, 1.54) is 62.0 Å². The number of thioether (sulfide) groups is 2. The number of likely N-dealkylation sites (N-methyl/N-ethyl adjacent to an activating group) is 1. The van der Waals surface area contributed by atoms with Crippen LogP contribution in [0.3, 0.4) is 0 Å². The monoisotopic (exact) mass is 547 g/mol. The SMILES string of the molecule is CN1CCCSCCSCCCN(CCN)CC1.[Ni+2].[O-][Cl+3]([O-])([O-])[O-].[O-][Cl+3]([O-])([O-])[O-]. The second-order valence-electron chi connectivity index (χ2n) is 5.62. The number of rotatable bonds is 2.